The number of rotatable bonds is 13. The molecule has 4 rings (SSSR count). The maximum Gasteiger partial charge on any atom is 0.230 e. The van der Waals surface area contributed by atoms with Crippen molar-refractivity contribution >= 4 is 17.7 Å². The van der Waals surface area contributed by atoms with Crippen LogP contribution in [0.25, 0.3) is 0 Å². The molecule has 1 N–H and O–H groups in total. The van der Waals surface area contributed by atoms with E-state index in [1.165, 1.54) is 11.8 Å². The summed E-state index contributed by atoms with van der Waals surface area (Å²) in [6.45, 7) is 5.52. The van der Waals surface area contributed by atoms with E-state index in [-0.39, 0.29) is 11.9 Å². The lowest BCUT2D eigenvalue weighted by Gasteiger charge is -2.19. The Morgan fingerprint density at radius 1 is 1.09 bits per heavy atom. The highest BCUT2D eigenvalue weighted by Gasteiger charge is 2.33. The molecule has 7 nitrogen and oxygen atoms in total. The molecule has 0 radical (unpaired) electrons. The molecule has 1 aliphatic rings. The Hall–Kier alpha value is -3.00. The molecule has 2 aromatic carbocycles. The van der Waals surface area contributed by atoms with Crippen molar-refractivity contribution in [1.82, 2.24) is 20.1 Å². The average Bonchev–Trinajstić information content (AvgIpc) is 3.64. The number of methoxy groups -OCH3 is 1. The number of nitrogens with one attached hydrogen (secondary N) is 1. The number of nitrogens with zero attached hydrogens (tertiary/aromatic N) is 3. The Labute approximate surface area is 211 Å². The van der Waals surface area contributed by atoms with Crippen LogP contribution in [0.1, 0.15) is 50.5 Å². The molecule has 1 aromatic heterocycles. The number of thioether (sulfide) groups is 1. The number of aromatic nitrogens is 3. The van der Waals surface area contributed by atoms with Gasteiger partial charge >= 0.3 is 0 Å². The second kappa shape index (κ2) is 12.1. The van der Waals surface area contributed by atoms with E-state index in [0.29, 0.717) is 24.2 Å². The quantitative estimate of drug-likeness (QED) is 0.326. The molecule has 0 bridgehead atoms. The van der Waals surface area contributed by atoms with Crippen LogP contribution in [-0.4, -0.2) is 33.5 Å². The van der Waals surface area contributed by atoms with Gasteiger partial charge in [0.05, 0.1) is 18.9 Å². The zero-order valence-corrected chi connectivity index (χ0v) is 21.5. The van der Waals surface area contributed by atoms with Crippen LogP contribution in [0.3, 0.4) is 0 Å². The van der Waals surface area contributed by atoms with Gasteiger partial charge in [0, 0.05) is 6.54 Å². The predicted molar refractivity (Wildman–Crippen MR) is 138 cm³/mol. The van der Waals surface area contributed by atoms with Gasteiger partial charge in [-0.05, 0) is 60.9 Å². The second-order valence-electron chi connectivity index (χ2n) is 9.28. The lowest BCUT2D eigenvalue weighted by molar-refractivity contribution is -0.119. The molecule has 0 spiro atoms. The number of hydrogen-bond acceptors (Lipinski definition) is 6. The fourth-order valence-corrected chi connectivity index (χ4v) is 4.66. The molecule has 1 fully saturated rings. The highest BCUT2D eigenvalue weighted by Crippen LogP contribution is 2.41. The van der Waals surface area contributed by atoms with Gasteiger partial charge in [0.2, 0.25) is 5.91 Å². The van der Waals surface area contributed by atoms with Gasteiger partial charge in [0.15, 0.2) is 11.0 Å². The highest BCUT2D eigenvalue weighted by atomic mass is 32.2. The molecule has 1 amide bonds. The molecule has 8 heteroatoms. The first-order valence-corrected chi connectivity index (χ1v) is 13.2. The number of carbonyl (C=O) groups excluding carboxylic acids is 1. The number of hydrogen-bond donors (Lipinski definition) is 1. The number of ether oxygens (including phenoxy) is 2. The summed E-state index contributed by atoms with van der Waals surface area (Å²) in [5.41, 5.74) is 1.12. The third kappa shape index (κ3) is 7.24. The van der Waals surface area contributed by atoms with E-state index in [0.717, 1.165) is 53.9 Å². The van der Waals surface area contributed by atoms with Crippen molar-refractivity contribution in [2.24, 2.45) is 11.8 Å². The molecule has 1 atom stereocenters. The summed E-state index contributed by atoms with van der Waals surface area (Å²) in [6, 6.07) is 17.7. The standard InChI is InChI=1S/C27H34N4O3S/c1-19(2)15-16-31-24(17-34-23-7-5-4-6-8-23)29-30-27(31)35-18-25(32)28-26(20-9-10-20)21-11-13-22(33-3)14-12-21/h4-8,11-14,19-20,26H,9-10,15-18H2,1-3H3,(H,28,32). The Balaban J connectivity index is 1.38. The minimum Gasteiger partial charge on any atom is -0.497 e. The lowest BCUT2D eigenvalue weighted by atomic mass is 10.0. The van der Waals surface area contributed by atoms with E-state index in [9.17, 15) is 4.79 Å². The summed E-state index contributed by atoms with van der Waals surface area (Å²) in [4.78, 5) is 12.9. The van der Waals surface area contributed by atoms with Gasteiger partial charge in [-0.15, -0.1) is 10.2 Å². The summed E-state index contributed by atoms with van der Waals surface area (Å²) < 4.78 is 13.3. The van der Waals surface area contributed by atoms with Crippen molar-refractivity contribution in [1.29, 1.82) is 0 Å². The molecule has 0 saturated heterocycles. The Kier molecular flexibility index (Phi) is 8.69. The largest absolute Gasteiger partial charge is 0.497 e. The van der Waals surface area contributed by atoms with Crippen molar-refractivity contribution < 1.29 is 14.3 Å². The molecule has 1 saturated carbocycles. The van der Waals surface area contributed by atoms with Crippen LogP contribution < -0.4 is 14.8 Å². The van der Waals surface area contributed by atoms with E-state index >= 15 is 0 Å². The maximum absolute atomic E-state index is 12.9. The van der Waals surface area contributed by atoms with Crippen LogP contribution in [0.15, 0.2) is 59.8 Å². The average molecular weight is 495 g/mol. The number of benzene rings is 2. The molecule has 1 heterocycles. The fourth-order valence-electron chi connectivity index (χ4n) is 3.87. The van der Waals surface area contributed by atoms with Crippen LogP contribution >= 0.6 is 11.8 Å². The van der Waals surface area contributed by atoms with Gasteiger partial charge in [0.25, 0.3) is 0 Å². The summed E-state index contributed by atoms with van der Waals surface area (Å²) in [5.74, 6) is 3.72. The minimum atomic E-state index is 0.00298. The monoisotopic (exact) mass is 494 g/mol. The van der Waals surface area contributed by atoms with Crippen molar-refractivity contribution in [3.63, 3.8) is 0 Å². The number of amides is 1. The zero-order chi connectivity index (χ0) is 24.6. The summed E-state index contributed by atoms with van der Waals surface area (Å²) in [5, 5.41) is 12.8. The van der Waals surface area contributed by atoms with E-state index < -0.39 is 0 Å². The highest BCUT2D eigenvalue weighted by molar-refractivity contribution is 7.99. The first kappa shape index (κ1) is 25.1. The normalized spacial score (nSPS) is 14.1. The van der Waals surface area contributed by atoms with E-state index in [4.69, 9.17) is 9.47 Å². The SMILES string of the molecule is COc1ccc(C(NC(=O)CSc2nnc(COc3ccccc3)n2CCC(C)C)C2CC2)cc1. The van der Waals surface area contributed by atoms with Crippen molar-refractivity contribution in [3.8, 4) is 11.5 Å². The van der Waals surface area contributed by atoms with Crippen LogP contribution in [0.4, 0.5) is 0 Å². The topological polar surface area (TPSA) is 78.3 Å². The van der Waals surface area contributed by atoms with Crippen molar-refractivity contribution in [2.45, 2.75) is 57.5 Å². The molecule has 35 heavy (non-hydrogen) atoms. The van der Waals surface area contributed by atoms with Gasteiger partial charge in [-0.3, -0.25) is 4.79 Å². The van der Waals surface area contributed by atoms with E-state index in [1.54, 1.807) is 7.11 Å². The Morgan fingerprint density at radius 2 is 1.83 bits per heavy atom. The second-order valence-corrected chi connectivity index (χ2v) is 10.2. The van der Waals surface area contributed by atoms with Gasteiger partial charge in [-0.2, -0.15) is 0 Å². The molecule has 1 unspecified atom stereocenters. The number of para-hydroxylation sites is 1. The van der Waals surface area contributed by atoms with Gasteiger partial charge in [0.1, 0.15) is 18.1 Å². The molecular formula is C27H34N4O3S. The van der Waals surface area contributed by atoms with Crippen LogP contribution in [-0.2, 0) is 17.9 Å². The van der Waals surface area contributed by atoms with Gasteiger partial charge in [-0.25, -0.2) is 0 Å². The zero-order valence-electron chi connectivity index (χ0n) is 20.6. The van der Waals surface area contributed by atoms with E-state index in [1.807, 2.05) is 54.6 Å². The predicted octanol–water partition coefficient (Wildman–Crippen LogP) is 5.27. The summed E-state index contributed by atoms with van der Waals surface area (Å²) in [6.07, 6.45) is 3.27. The third-order valence-corrected chi connectivity index (χ3v) is 7.02. The van der Waals surface area contributed by atoms with Crippen molar-refractivity contribution in [2.75, 3.05) is 12.9 Å². The first-order chi connectivity index (χ1) is 17.0. The Bertz CT molecular complexity index is 1080. The third-order valence-electron chi connectivity index (χ3n) is 6.05. The number of carbonyl (C=O) groups is 1. The minimum absolute atomic E-state index is 0.00298. The molecular weight excluding hydrogens is 460 g/mol. The smallest absolute Gasteiger partial charge is 0.230 e. The molecule has 3 aromatic rings. The molecule has 186 valence electrons. The molecule has 1 aliphatic carbocycles. The van der Waals surface area contributed by atoms with Crippen LogP contribution in [0, 0.1) is 11.8 Å². The summed E-state index contributed by atoms with van der Waals surface area (Å²) >= 11 is 1.43. The van der Waals surface area contributed by atoms with Crippen LogP contribution in [0.5, 0.6) is 11.5 Å². The Morgan fingerprint density at radius 3 is 2.49 bits per heavy atom. The maximum atomic E-state index is 12.9. The van der Waals surface area contributed by atoms with Gasteiger partial charge in [-0.1, -0.05) is 55.9 Å². The first-order valence-electron chi connectivity index (χ1n) is 12.2. The van der Waals surface area contributed by atoms with E-state index in [2.05, 4.69) is 33.9 Å². The van der Waals surface area contributed by atoms with Gasteiger partial charge < -0.3 is 19.4 Å². The van der Waals surface area contributed by atoms with Crippen LogP contribution in [0.2, 0.25) is 0 Å². The molecule has 0 aliphatic heterocycles. The van der Waals surface area contributed by atoms with Crippen molar-refractivity contribution in [3.05, 3.63) is 66.0 Å². The fraction of sp³-hybridized carbons (Fsp3) is 0.444. The lowest BCUT2D eigenvalue weighted by Crippen LogP contribution is -2.31. The summed E-state index contributed by atoms with van der Waals surface area (Å²) in [7, 11) is 1.66.